The molecular formula is C26H55NO6P+. The molecule has 204 valence electrons. The van der Waals surface area contributed by atoms with Crippen LogP contribution in [0, 0.1) is 0 Å². The zero-order valence-electron chi connectivity index (χ0n) is 23.1. The second kappa shape index (κ2) is 20.7. The molecule has 0 radical (unpaired) electrons. The zero-order chi connectivity index (χ0) is 25.7. The van der Waals surface area contributed by atoms with Crippen molar-refractivity contribution >= 4 is 13.8 Å². The first kappa shape index (κ1) is 33.5. The summed E-state index contributed by atoms with van der Waals surface area (Å²) in [6.45, 7) is 5.94. The summed E-state index contributed by atoms with van der Waals surface area (Å²) in [4.78, 5) is 12.2. The number of ether oxygens (including phenoxy) is 1. The first-order chi connectivity index (χ1) is 16.2. The molecule has 0 aliphatic heterocycles. The predicted molar refractivity (Wildman–Crippen MR) is 139 cm³/mol. The van der Waals surface area contributed by atoms with Gasteiger partial charge in [-0.25, -0.2) is 9.09 Å². The smallest absolute Gasteiger partial charge is 0.435 e. The first-order valence-corrected chi connectivity index (χ1v) is 15.3. The summed E-state index contributed by atoms with van der Waals surface area (Å²) in [6.07, 6.45) is 19.0. The van der Waals surface area contributed by atoms with Crippen molar-refractivity contribution in [1.29, 1.82) is 0 Å². The lowest BCUT2D eigenvalue weighted by molar-refractivity contribution is -1.04. The summed E-state index contributed by atoms with van der Waals surface area (Å²) < 4.78 is 34.2. The largest absolute Gasteiger partial charge is 0.524 e. The minimum absolute atomic E-state index is 0.0548. The molecule has 0 saturated carbocycles. The van der Waals surface area contributed by atoms with Crippen LogP contribution in [0.1, 0.15) is 130 Å². The van der Waals surface area contributed by atoms with Crippen molar-refractivity contribution in [1.82, 2.24) is 0 Å². The van der Waals surface area contributed by atoms with Crippen LogP contribution in [0.15, 0.2) is 0 Å². The van der Waals surface area contributed by atoms with E-state index >= 15 is 0 Å². The molecule has 0 spiro atoms. The van der Waals surface area contributed by atoms with Gasteiger partial charge in [0.25, 0.3) is 0 Å². The van der Waals surface area contributed by atoms with Crippen LogP contribution in [-0.2, 0) is 27.8 Å². The van der Waals surface area contributed by atoms with Gasteiger partial charge in [-0.3, -0.25) is 9.32 Å². The monoisotopic (exact) mass is 508 g/mol. The van der Waals surface area contributed by atoms with Gasteiger partial charge in [0, 0.05) is 12.8 Å². The van der Waals surface area contributed by atoms with E-state index in [0.717, 1.165) is 19.3 Å². The Hall–Kier alpha value is -0.460. The van der Waals surface area contributed by atoms with Gasteiger partial charge < -0.3 is 4.74 Å². The third-order valence-corrected chi connectivity index (χ3v) is 7.22. The normalized spacial score (nSPS) is 14.6. The molecule has 0 saturated heterocycles. The number of phosphoric acid groups is 1. The number of carbonyl (C=O) groups is 1. The lowest BCUT2D eigenvalue weighted by Gasteiger charge is -2.27. The molecule has 0 bridgehead atoms. The molecule has 34 heavy (non-hydrogen) atoms. The van der Waals surface area contributed by atoms with Crippen molar-refractivity contribution in [3.8, 4) is 0 Å². The maximum atomic E-state index is 12.8. The van der Waals surface area contributed by atoms with Gasteiger partial charge in [-0.1, -0.05) is 108 Å². The van der Waals surface area contributed by atoms with Crippen LogP contribution >= 0.6 is 7.82 Å². The molecule has 0 rings (SSSR count). The Balaban J connectivity index is 3.84. The molecule has 0 aliphatic carbocycles. The number of quaternary nitrogens is 1. The van der Waals surface area contributed by atoms with Crippen molar-refractivity contribution in [2.45, 2.75) is 136 Å². The van der Waals surface area contributed by atoms with Gasteiger partial charge in [-0.15, -0.1) is 0 Å². The summed E-state index contributed by atoms with van der Waals surface area (Å²) in [5, 5.41) is 0. The maximum Gasteiger partial charge on any atom is 0.524 e. The van der Waals surface area contributed by atoms with Crippen molar-refractivity contribution in [3.63, 3.8) is 0 Å². The number of rotatable bonds is 24. The summed E-state index contributed by atoms with van der Waals surface area (Å²) in [5.41, 5.74) is 0. The highest BCUT2D eigenvalue weighted by Gasteiger charge is 2.38. The summed E-state index contributed by atoms with van der Waals surface area (Å²) in [7, 11) is 1.28. The third-order valence-electron chi connectivity index (χ3n) is 5.46. The van der Waals surface area contributed by atoms with E-state index in [1.165, 1.54) is 77.0 Å². The molecule has 0 aliphatic rings. The zero-order valence-corrected chi connectivity index (χ0v) is 24.0. The van der Waals surface area contributed by atoms with Crippen molar-refractivity contribution in [3.05, 3.63) is 0 Å². The topological polar surface area (TPSA) is 71.1 Å². The fraction of sp³-hybridized carbons (Fsp3) is 0.962. The molecule has 0 fully saturated rings. The molecule has 0 aromatic carbocycles. The highest BCUT2D eigenvalue weighted by molar-refractivity contribution is 7.48. The van der Waals surface area contributed by atoms with Crippen LogP contribution < -0.4 is 0 Å². The molecule has 0 N–H and O–H groups in total. The van der Waals surface area contributed by atoms with E-state index in [2.05, 4.69) is 6.92 Å². The first-order valence-electron chi connectivity index (χ1n) is 13.8. The number of unbranched alkanes of at least 4 members (excludes halogenated alkanes) is 14. The van der Waals surface area contributed by atoms with Crippen molar-refractivity contribution < 1.29 is 32.4 Å². The van der Waals surface area contributed by atoms with Gasteiger partial charge in [0.05, 0.1) is 27.7 Å². The Morgan fingerprint density at radius 3 is 1.56 bits per heavy atom. The second-order valence-electron chi connectivity index (χ2n) is 9.97. The molecule has 2 atom stereocenters. The lowest BCUT2D eigenvalue weighted by Crippen LogP contribution is -2.34. The molecule has 0 amide bonds. The molecule has 2 unspecified atom stereocenters. The number of esters is 1. The average molecular weight is 509 g/mol. The minimum atomic E-state index is -3.84. The molecule has 0 heterocycles. The van der Waals surface area contributed by atoms with E-state index in [4.69, 9.17) is 18.4 Å². The number of hydrogen-bond acceptors (Lipinski definition) is 6. The maximum absolute atomic E-state index is 12.8. The molecular weight excluding hydrogens is 453 g/mol. The van der Waals surface area contributed by atoms with Gasteiger partial charge in [0.15, 0.2) is 0 Å². The standard InChI is InChI=1S/C26H55NO6P/c1-7-10-11-12-13-14-15-16-17-18-19-20-21-22-23-24-25(28)31-26(8-2)32-34(29,30-9-3)33-27(4,5)6/h26H,7-24H2,1-6H3/q+1. The Kier molecular flexibility index (Phi) is 20.4. The number of nitrogens with zero attached hydrogens (tertiary/aromatic N) is 1. The Morgan fingerprint density at radius 2 is 1.18 bits per heavy atom. The second-order valence-corrected chi connectivity index (χ2v) is 11.5. The van der Waals surface area contributed by atoms with Crippen LogP contribution in [0.4, 0.5) is 0 Å². The van der Waals surface area contributed by atoms with E-state index in [1.807, 2.05) is 0 Å². The highest BCUT2D eigenvalue weighted by Crippen LogP contribution is 2.52. The highest BCUT2D eigenvalue weighted by atomic mass is 31.2. The summed E-state index contributed by atoms with van der Waals surface area (Å²) in [6, 6.07) is 0. The Labute approximate surface area is 210 Å². The lowest BCUT2D eigenvalue weighted by atomic mass is 10.0. The Morgan fingerprint density at radius 1 is 0.735 bits per heavy atom. The number of carbonyl (C=O) groups excluding carboxylic acids is 1. The minimum Gasteiger partial charge on any atom is -0.435 e. The van der Waals surface area contributed by atoms with Crippen molar-refractivity contribution in [2.24, 2.45) is 0 Å². The van der Waals surface area contributed by atoms with E-state index in [1.54, 1.807) is 35.0 Å². The van der Waals surface area contributed by atoms with E-state index < -0.39 is 14.1 Å². The fourth-order valence-corrected chi connectivity index (χ4v) is 5.24. The van der Waals surface area contributed by atoms with Gasteiger partial charge in [-0.05, 0) is 13.3 Å². The number of hydroxylamine groups is 3. The van der Waals surface area contributed by atoms with Crippen LogP contribution in [0.25, 0.3) is 0 Å². The van der Waals surface area contributed by atoms with Gasteiger partial charge in [-0.2, -0.15) is 4.65 Å². The van der Waals surface area contributed by atoms with E-state index in [9.17, 15) is 9.36 Å². The van der Waals surface area contributed by atoms with Crippen LogP contribution in [-0.4, -0.2) is 44.7 Å². The van der Waals surface area contributed by atoms with Crippen LogP contribution in [0.2, 0.25) is 0 Å². The van der Waals surface area contributed by atoms with Gasteiger partial charge in [0.2, 0.25) is 6.29 Å². The van der Waals surface area contributed by atoms with E-state index in [-0.39, 0.29) is 17.2 Å². The van der Waals surface area contributed by atoms with Gasteiger partial charge in [0.1, 0.15) is 0 Å². The fourth-order valence-electron chi connectivity index (χ4n) is 3.70. The molecule has 0 aromatic heterocycles. The number of hydrogen-bond donors (Lipinski definition) is 0. The van der Waals surface area contributed by atoms with Gasteiger partial charge >= 0.3 is 13.8 Å². The molecule has 8 heteroatoms. The van der Waals surface area contributed by atoms with Crippen molar-refractivity contribution in [2.75, 3.05) is 27.7 Å². The SMILES string of the molecule is CCCCCCCCCCCCCCCCCC(=O)OC(CC)OP(=O)(OCC)O[N+](C)(C)C. The molecule has 0 aromatic rings. The Bertz CT molecular complexity index is 538. The molecule has 7 nitrogen and oxygen atoms in total. The van der Waals surface area contributed by atoms with Crippen LogP contribution in [0.5, 0.6) is 0 Å². The summed E-state index contributed by atoms with van der Waals surface area (Å²) >= 11 is 0. The summed E-state index contributed by atoms with van der Waals surface area (Å²) in [5.74, 6) is -0.338. The predicted octanol–water partition coefficient (Wildman–Crippen LogP) is 8.33. The average Bonchev–Trinajstić information content (AvgIpc) is 2.74. The number of phosphoric ester groups is 1. The van der Waals surface area contributed by atoms with Crippen LogP contribution in [0.3, 0.4) is 0 Å². The quantitative estimate of drug-likeness (QED) is 0.0326. The third kappa shape index (κ3) is 20.9. The van der Waals surface area contributed by atoms with E-state index in [0.29, 0.717) is 12.8 Å².